The Morgan fingerprint density at radius 3 is 2.50 bits per heavy atom. The number of aromatic nitrogens is 4. The van der Waals surface area contributed by atoms with Gasteiger partial charge in [0, 0.05) is 5.41 Å². The first-order valence-electron chi connectivity index (χ1n) is 5.31. The fourth-order valence-electron chi connectivity index (χ4n) is 1.39. The lowest BCUT2D eigenvalue weighted by Crippen LogP contribution is -2.10. The van der Waals surface area contributed by atoms with E-state index in [-0.39, 0.29) is 11.2 Å². The number of nitro groups is 1. The van der Waals surface area contributed by atoms with Gasteiger partial charge in [-0.25, -0.2) is 9.55 Å². The van der Waals surface area contributed by atoms with Crippen molar-refractivity contribution in [3.8, 4) is 10.8 Å². The van der Waals surface area contributed by atoms with Crippen molar-refractivity contribution in [3.05, 3.63) is 21.3 Å². The van der Waals surface area contributed by atoms with E-state index in [1.807, 2.05) is 20.8 Å². The van der Waals surface area contributed by atoms with Crippen LogP contribution in [0.2, 0.25) is 0 Å². The van der Waals surface area contributed by atoms with Gasteiger partial charge < -0.3 is 10.1 Å². The Labute approximate surface area is 108 Å². The zero-order valence-corrected chi connectivity index (χ0v) is 11.4. The minimum Gasteiger partial charge on any atom is -0.358 e. The summed E-state index contributed by atoms with van der Waals surface area (Å²) in [6.07, 6.45) is 1.23. The van der Waals surface area contributed by atoms with Crippen LogP contribution < -0.4 is 0 Å². The maximum absolute atomic E-state index is 10.7. The van der Waals surface area contributed by atoms with Gasteiger partial charge in [0.05, 0.1) is 7.05 Å². The van der Waals surface area contributed by atoms with Crippen LogP contribution in [0.25, 0.3) is 10.8 Å². The first-order valence-corrected chi connectivity index (χ1v) is 6.13. The summed E-state index contributed by atoms with van der Waals surface area (Å²) in [5.41, 5.74) is -0.0903. The molecule has 0 aliphatic carbocycles. The van der Waals surface area contributed by atoms with Gasteiger partial charge in [0.25, 0.3) is 5.82 Å². The van der Waals surface area contributed by atoms with E-state index in [9.17, 15) is 10.1 Å². The van der Waals surface area contributed by atoms with E-state index in [0.717, 1.165) is 5.01 Å². The molecule has 96 valence electrons. The average molecular weight is 267 g/mol. The van der Waals surface area contributed by atoms with Crippen LogP contribution in [0.4, 0.5) is 5.82 Å². The van der Waals surface area contributed by atoms with Gasteiger partial charge >= 0.3 is 5.82 Å². The molecule has 0 saturated carbocycles. The Balaban J connectivity index is 2.44. The quantitative estimate of drug-likeness (QED) is 0.614. The molecule has 0 spiro atoms. The number of imidazole rings is 1. The van der Waals surface area contributed by atoms with E-state index in [2.05, 4.69) is 15.2 Å². The molecule has 0 aromatic carbocycles. The first-order chi connectivity index (χ1) is 8.30. The zero-order valence-electron chi connectivity index (χ0n) is 10.5. The Morgan fingerprint density at radius 1 is 1.39 bits per heavy atom. The third-order valence-electron chi connectivity index (χ3n) is 2.41. The van der Waals surface area contributed by atoms with E-state index in [0.29, 0.717) is 10.8 Å². The van der Waals surface area contributed by atoms with Crippen molar-refractivity contribution in [3.63, 3.8) is 0 Å². The van der Waals surface area contributed by atoms with Gasteiger partial charge in [0.2, 0.25) is 5.01 Å². The molecule has 18 heavy (non-hydrogen) atoms. The van der Waals surface area contributed by atoms with E-state index >= 15 is 0 Å². The summed E-state index contributed by atoms with van der Waals surface area (Å²) >= 11 is 1.40. The summed E-state index contributed by atoms with van der Waals surface area (Å²) in [7, 11) is 1.60. The summed E-state index contributed by atoms with van der Waals surface area (Å²) in [4.78, 5) is 14.3. The summed E-state index contributed by atoms with van der Waals surface area (Å²) in [6, 6.07) is 0. The Kier molecular flexibility index (Phi) is 2.89. The van der Waals surface area contributed by atoms with Crippen LogP contribution in [0.1, 0.15) is 25.8 Å². The number of hydrogen-bond acceptors (Lipinski definition) is 6. The number of nitrogens with zero attached hydrogens (tertiary/aromatic N) is 5. The predicted octanol–water partition coefficient (Wildman–Crippen LogP) is 2.14. The molecule has 0 N–H and O–H groups in total. The third-order valence-corrected chi connectivity index (χ3v) is 3.75. The lowest BCUT2D eigenvalue weighted by atomic mass is 9.98. The fourth-order valence-corrected chi connectivity index (χ4v) is 2.32. The molecule has 0 unspecified atom stereocenters. The van der Waals surface area contributed by atoms with E-state index in [1.54, 1.807) is 7.05 Å². The molecule has 0 radical (unpaired) electrons. The molecule has 0 aliphatic heterocycles. The molecule has 0 saturated heterocycles. The number of hydrogen-bond donors (Lipinski definition) is 0. The summed E-state index contributed by atoms with van der Waals surface area (Å²) in [6.45, 7) is 6.12. The van der Waals surface area contributed by atoms with Gasteiger partial charge in [0.15, 0.2) is 0 Å². The molecule has 0 bridgehead atoms. The molecule has 0 amide bonds. The van der Waals surface area contributed by atoms with Gasteiger partial charge in [-0.3, -0.25) is 0 Å². The maximum Gasteiger partial charge on any atom is 0.342 e. The van der Waals surface area contributed by atoms with Crippen LogP contribution in [-0.2, 0) is 12.5 Å². The minimum atomic E-state index is -0.470. The van der Waals surface area contributed by atoms with Crippen LogP contribution >= 0.6 is 11.3 Å². The Bertz CT molecular complexity index is 596. The Morgan fingerprint density at radius 2 is 2.06 bits per heavy atom. The molecule has 2 heterocycles. The highest BCUT2D eigenvalue weighted by Gasteiger charge is 2.25. The minimum absolute atomic E-state index is 0.0579. The van der Waals surface area contributed by atoms with Gasteiger partial charge in [-0.15, -0.1) is 10.2 Å². The summed E-state index contributed by atoms with van der Waals surface area (Å²) in [5, 5.41) is 20.4. The van der Waals surface area contributed by atoms with Crippen molar-refractivity contribution in [2.45, 2.75) is 26.2 Å². The van der Waals surface area contributed by atoms with Crippen LogP contribution in [0.3, 0.4) is 0 Å². The lowest BCUT2D eigenvalue weighted by molar-refractivity contribution is -0.391. The SMILES string of the molecule is Cn1c([N+](=O)[O-])cnc1-c1nnc(C(C)(C)C)s1. The predicted molar refractivity (Wildman–Crippen MR) is 67.5 cm³/mol. The molecule has 2 aromatic heterocycles. The second-order valence-corrected chi connectivity index (χ2v) is 5.90. The van der Waals surface area contributed by atoms with Gasteiger partial charge in [-0.1, -0.05) is 32.1 Å². The molecule has 0 fully saturated rings. The van der Waals surface area contributed by atoms with Gasteiger partial charge in [-0.05, 0) is 4.92 Å². The molecule has 0 atom stereocenters. The topological polar surface area (TPSA) is 86.7 Å². The van der Waals surface area contributed by atoms with Crippen molar-refractivity contribution in [2.75, 3.05) is 0 Å². The normalized spacial score (nSPS) is 11.8. The first kappa shape index (κ1) is 12.6. The van der Waals surface area contributed by atoms with Crippen molar-refractivity contribution >= 4 is 17.2 Å². The van der Waals surface area contributed by atoms with Gasteiger partial charge in [-0.2, -0.15) is 0 Å². The smallest absolute Gasteiger partial charge is 0.342 e. The summed E-state index contributed by atoms with van der Waals surface area (Å²) < 4.78 is 1.41. The van der Waals surface area contributed by atoms with Crippen LogP contribution in [0.15, 0.2) is 6.20 Å². The maximum atomic E-state index is 10.7. The van der Waals surface area contributed by atoms with Crippen LogP contribution in [0, 0.1) is 10.1 Å². The molecule has 0 aliphatic rings. The highest BCUT2D eigenvalue weighted by atomic mass is 32.1. The molecular formula is C10H13N5O2S. The van der Waals surface area contributed by atoms with Gasteiger partial charge in [0.1, 0.15) is 11.2 Å². The summed E-state index contributed by atoms with van der Waals surface area (Å²) in [5.74, 6) is 0.409. The average Bonchev–Trinajstić information content (AvgIpc) is 2.81. The lowest BCUT2D eigenvalue weighted by Gasteiger charge is -2.12. The molecular weight excluding hydrogens is 254 g/mol. The number of rotatable bonds is 2. The fraction of sp³-hybridized carbons (Fsp3) is 0.500. The highest BCUT2D eigenvalue weighted by molar-refractivity contribution is 7.14. The standard InChI is InChI=1S/C10H13N5O2S/c1-10(2,3)9-13-12-8(18-9)7-11-5-6(14(7)4)15(16)17/h5H,1-4H3. The van der Waals surface area contributed by atoms with Crippen molar-refractivity contribution in [1.29, 1.82) is 0 Å². The molecule has 2 rings (SSSR count). The second-order valence-electron chi connectivity index (χ2n) is 4.92. The highest BCUT2D eigenvalue weighted by Crippen LogP contribution is 2.31. The van der Waals surface area contributed by atoms with E-state index < -0.39 is 4.92 Å². The van der Waals surface area contributed by atoms with E-state index in [4.69, 9.17) is 0 Å². The van der Waals surface area contributed by atoms with Crippen LogP contribution in [0.5, 0.6) is 0 Å². The Hall–Kier alpha value is -1.83. The zero-order chi connectivity index (χ0) is 13.5. The molecule has 7 nitrogen and oxygen atoms in total. The van der Waals surface area contributed by atoms with Crippen molar-refractivity contribution < 1.29 is 4.92 Å². The second kappa shape index (κ2) is 4.13. The van der Waals surface area contributed by atoms with Crippen LogP contribution in [-0.4, -0.2) is 24.7 Å². The monoisotopic (exact) mass is 267 g/mol. The molecule has 2 aromatic rings. The molecule has 8 heteroatoms. The largest absolute Gasteiger partial charge is 0.358 e. The van der Waals surface area contributed by atoms with E-state index in [1.165, 1.54) is 22.1 Å². The van der Waals surface area contributed by atoms with Crippen molar-refractivity contribution in [1.82, 2.24) is 19.7 Å². The third kappa shape index (κ3) is 2.10. The van der Waals surface area contributed by atoms with Crippen molar-refractivity contribution in [2.24, 2.45) is 7.05 Å².